The highest BCUT2D eigenvalue weighted by molar-refractivity contribution is 5.85. The van der Waals surface area contributed by atoms with Crippen LogP contribution >= 0.6 is 12.4 Å². The minimum Gasteiger partial charge on any atom is -0.314 e. The zero-order chi connectivity index (χ0) is 12.3. The van der Waals surface area contributed by atoms with Crippen molar-refractivity contribution in [3.63, 3.8) is 0 Å². The van der Waals surface area contributed by atoms with E-state index in [1.807, 2.05) is 6.92 Å². The summed E-state index contributed by atoms with van der Waals surface area (Å²) >= 11 is 0. The van der Waals surface area contributed by atoms with Gasteiger partial charge in [0.15, 0.2) is 0 Å². The molecule has 18 heavy (non-hydrogen) atoms. The summed E-state index contributed by atoms with van der Waals surface area (Å²) in [5.41, 5.74) is 0.607. The number of rotatable bonds is 3. The molecule has 0 saturated carbocycles. The highest BCUT2D eigenvalue weighted by atomic mass is 35.5. The number of piperazine rings is 1. The molecule has 5 heteroatoms. The van der Waals surface area contributed by atoms with Crippen LogP contribution in [0.5, 0.6) is 0 Å². The van der Waals surface area contributed by atoms with Crippen molar-refractivity contribution in [2.45, 2.75) is 19.4 Å². The fraction of sp³-hybridized carbons (Fsp3) is 0.538. The Morgan fingerprint density at radius 3 is 2.50 bits per heavy atom. The maximum Gasteiger partial charge on any atom is 0.130 e. The lowest BCUT2D eigenvalue weighted by molar-refractivity contribution is 0.166. The van der Waals surface area contributed by atoms with Gasteiger partial charge in [-0.15, -0.1) is 12.4 Å². The van der Waals surface area contributed by atoms with Gasteiger partial charge >= 0.3 is 0 Å². The van der Waals surface area contributed by atoms with Crippen molar-refractivity contribution in [1.82, 2.24) is 10.2 Å². The summed E-state index contributed by atoms with van der Waals surface area (Å²) in [7, 11) is 0. The van der Waals surface area contributed by atoms with E-state index in [1.54, 1.807) is 6.07 Å². The van der Waals surface area contributed by atoms with Crippen LogP contribution in [0.2, 0.25) is 0 Å². The minimum atomic E-state index is -0.513. The second-order valence-electron chi connectivity index (χ2n) is 4.38. The Morgan fingerprint density at radius 1 is 1.28 bits per heavy atom. The van der Waals surface area contributed by atoms with Crippen molar-refractivity contribution >= 4 is 12.4 Å². The van der Waals surface area contributed by atoms with Crippen LogP contribution in [0, 0.1) is 11.6 Å². The molecule has 0 aliphatic carbocycles. The topological polar surface area (TPSA) is 15.3 Å². The fourth-order valence-corrected chi connectivity index (χ4v) is 2.44. The lowest BCUT2D eigenvalue weighted by Gasteiger charge is -2.34. The first-order chi connectivity index (χ1) is 8.22. The third-order valence-electron chi connectivity index (χ3n) is 3.30. The Hall–Kier alpha value is -0.710. The van der Waals surface area contributed by atoms with E-state index in [0.29, 0.717) is 5.56 Å². The SMILES string of the molecule is CC[C@H](c1ccc(F)cc1F)N1CCNCC1.Cl. The Kier molecular flexibility index (Phi) is 5.99. The quantitative estimate of drug-likeness (QED) is 0.913. The van der Waals surface area contributed by atoms with Crippen LogP contribution in [-0.4, -0.2) is 31.1 Å². The van der Waals surface area contributed by atoms with Crippen molar-refractivity contribution < 1.29 is 8.78 Å². The van der Waals surface area contributed by atoms with E-state index in [-0.39, 0.29) is 18.4 Å². The molecule has 1 aliphatic rings. The number of benzene rings is 1. The van der Waals surface area contributed by atoms with Crippen molar-refractivity contribution in [2.75, 3.05) is 26.2 Å². The molecule has 0 spiro atoms. The van der Waals surface area contributed by atoms with E-state index < -0.39 is 11.6 Å². The standard InChI is InChI=1S/C13H18F2N2.ClH/c1-2-13(17-7-5-16-6-8-17)11-4-3-10(14)9-12(11)15;/h3-4,9,13,16H,2,5-8H2,1H3;1H/t13-;/m1./s1. The van der Waals surface area contributed by atoms with Gasteiger partial charge in [-0.1, -0.05) is 13.0 Å². The maximum atomic E-state index is 13.8. The first-order valence-electron chi connectivity index (χ1n) is 6.12. The molecule has 1 fully saturated rings. The molecule has 1 N–H and O–H groups in total. The summed E-state index contributed by atoms with van der Waals surface area (Å²) in [6.45, 7) is 5.72. The van der Waals surface area contributed by atoms with Crippen LogP contribution in [-0.2, 0) is 0 Å². The third-order valence-corrected chi connectivity index (χ3v) is 3.30. The van der Waals surface area contributed by atoms with Gasteiger partial charge in [-0.05, 0) is 12.5 Å². The van der Waals surface area contributed by atoms with Crippen molar-refractivity contribution in [1.29, 1.82) is 0 Å². The van der Waals surface area contributed by atoms with Crippen LogP contribution in [0.25, 0.3) is 0 Å². The molecule has 1 aromatic rings. The first kappa shape index (κ1) is 15.3. The van der Waals surface area contributed by atoms with Crippen LogP contribution in [0.4, 0.5) is 8.78 Å². The zero-order valence-electron chi connectivity index (χ0n) is 10.5. The Morgan fingerprint density at radius 2 is 1.94 bits per heavy atom. The first-order valence-corrected chi connectivity index (χ1v) is 6.12. The van der Waals surface area contributed by atoms with Crippen LogP contribution in [0.15, 0.2) is 18.2 Å². The Bertz CT molecular complexity index is 381. The number of hydrogen-bond donors (Lipinski definition) is 1. The summed E-state index contributed by atoms with van der Waals surface area (Å²) in [4.78, 5) is 2.26. The molecule has 2 nitrogen and oxygen atoms in total. The van der Waals surface area contributed by atoms with Crippen molar-refractivity contribution in [2.24, 2.45) is 0 Å². The van der Waals surface area contributed by atoms with E-state index in [4.69, 9.17) is 0 Å². The lowest BCUT2D eigenvalue weighted by Crippen LogP contribution is -2.45. The zero-order valence-corrected chi connectivity index (χ0v) is 11.3. The molecule has 0 unspecified atom stereocenters. The molecule has 0 amide bonds. The normalized spacial score (nSPS) is 18.2. The van der Waals surface area contributed by atoms with Gasteiger partial charge in [-0.2, -0.15) is 0 Å². The Labute approximate surface area is 113 Å². The molecule has 1 aromatic carbocycles. The van der Waals surface area contributed by atoms with E-state index in [2.05, 4.69) is 10.2 Å². The van der Waals surface area contributed by atoms with Crippen molar-refractivity contribution in [3.05, 3.63) is 35.4 Å². The van der Waals surface area contributed by atoms with Gasteiger partial charge in [0.2, 0.25) is 0 Å². The molecule has 1 atom stereocenters. The molecular formula is C13H19ClF2N2. The summed E-state index contributed by atoms with van der Waals surface area (Å²) in [5.74, 6) is -0.947. The number of nitrogens with zero attached hydrogens (tertiary/aromatic N) is 1. The van der Waals surface area contributed by atoms with Gasteiger partial charge in [-0.25, -0.2) is 8.78 Å². The molecule has 0 radical (unpaired) electrons. The fourth-order valence-electron chi connectivity index (χ4n) is 2.44. The second-order valence-corrected chi connectivity index (χ2v) is 4.38. The summed E-state index contributed by atoms with van der Waals surface area (Å²) in [5, 5.41) is 3.27. The number of nitrogens with one attached hydrogen (secondary N) is 1. The van der Waals surface area contributed by atoms with Crippen LogP contribution < -0.4 is 5.32 Å². The second kappa shape index (κ2) is 7.02. The van der Waals surface area contributed by atoms with E-state index in [9.17, 15) is 8.78 Å². The lowest BCUT2D eigenvalue weighted by atomic mass is 10.0. The van der Waals surface area contributed by atoms with Gasteiger partial charge in [-0.3, -0.25) is 4.90 Å². The molecule has 1 heterocycles. The van der Waals surface area contributed by atoms with Crippen molar-refractivity contribution in [3.8, 4) is 0 Å². The summed E-state index contributed by atoms with van der Waals surface area (Å²) < 4.78 is 26.7. The highest BCUT2D eigenvalue weighted by Gasteiger charge is 2.23. The van der Waals surface area contributed by atoms with Gasteiger partial charge in [0.05, 0.1) is 0 Å². The number of hydrogen-bond acceptors (Lipinski definition) is 2. The highest BCUT2D eigenvalue weighted by Crippen LogP contribution is 2.27. The van der Waals surface area contributed by atoms with Gasteiger partial charge in [0.25, 0.3) is 0 Å². The summed E-state index contributed by atoms with van der Waals surface area (Å²) in [6, 6.07) is 3.93. The molecule has 0 aromatic heterocycles. The average Bonchev–Trinajstić information content (AvgIpc) is 2.34. The van der Waals surface area contributed by atoms with Crippen LogP contribution in [0.1, 0.15) is 24.9 Å². The smallest absolute Gasteiger partial charge is 0.130 e. The molecule has 2 rings (SSSR count). The Balaban J connectivity index is 0.00000162. The molecular weight excluding hydrogens is 258 g/mol. The predicted octanol–water partition coefficient (Wildman–Crippen LogP) is 2.74. The predicted molar refractivity (Wildman–Crippen MR) is 71.1 cm³/mol. The average molecular weight is 277 g/mol. The van der Waals surface area contributed by atoms with Gasteiger partial charge < -0.3 is 5.32 Å². The van der Waals surface area contributed by atoms with Gasteiger partial charge in [0, 0.05) is 43.9 Å². The van der Waals surface area contributed by atoms with Gasteiger partial charge in [0.1, 0.15) is 11.6 Å². The molecule has 102 valence electrons. The largest absolute Gasteiger partial charge is 0.314 e. The third kappa shape index (κ3) is 3.40. The van der Waals surface area contributed by atoms with E-state index in [1.165, 1.54) is 6.07 Å². The monoisotopic (exact) mass is 276 g/mol. The number of halogens is 3. The van der Waals surface area contributed by atoms with E-state index >= 15 is 0 Å². The maximum absolute atomic E-state index is 13.8. The van der Waals surface area contributed by atoms with Crippen LogP contribution in [0.3, 0.4) is 0 Å². The van der Waals surface area contributed by atoms with E-state index in [0.717, 1.165) is 38.7 Å². The minimum absolute atomic E-state index is 0. The molecule has 0 bridgehead atoms. The molecule has 1 aliphatic heterocycles. The summed E-state index contributed by atoms with van der Waals surface area (Å²) in [6.07, 6.45) is 0.836. The molecule has 1 saturated heterocycles.